The van der Waals surface area contributed by atoms with Crippen LogP contribution >= 0.6 is 0 Å². The number of rotatable bonds is 5. The van der Waals surface area contributed by atoms with E-state index < -0.39 is 5.82 Å². The van der Waals surface area contributed by atoms with Gasteiger partial charge in [0.05, 0.1) is 12.2 Å². The average Bonchev–Trinajstić information content (AvgIpc) is 2.86. The van der Waals surface area contributed by atoms with Crippen molar-refractivity contribution in [2.75, 3.05) is 20.9 Å². The maximum atomic E-state index is 15.0. The number of hydrogen-bond acceptors (Lipinski definition) is 4. The number of halogens is 1. The number of anilines is 5. The van der Waals surface area contributed by atoms with Gasteiger partial charge >= 0.3 is 6.03 Å². The van der Waals surface area contributed by atoms with Crippen LogP contribution in [-0.4, -0.2) is 16.9 Å². The predicted octanol–water partition coefficient (Wildman–Crippen LogP) is 6.08. The molecule has 0 saturated heterocycles. The molecule has 0 atom stereocenters. The Kier molecular flexibility index (Phi) is 5.85. The van der Waals surface area contributed by atoms with Crippen LogP contribution in [-0.2, 0) is 6.54 Å². The molecule has 3 N–H and O–H groups in total. The minimum Gasteiger partial charge on any atom is -0.353 e. The Morgan fingerprint density at radius 1 is 1.00 bits per heavy atom. The van der Waals surface area contributed by atoms with Crippen LogP contribution in [0.4, 0.5) is 37.8 Å². The molecule has 0 unspecified atom stereocenters. The second-order valence-electron chi connectivity index (χ2n) is 8.18. The Labute approximate surface area is 201 Å². The van der Waals surface area contributed by atoms with Gasteiger partial charge in [-0.3, -0.25) is 15.0 Å². The van der Waals surface area contributed by atoms with Crippen molar-refractivity contribution in [3.63, 3.8) is 0 Å². The van der Waals surface area contributed by atoms with E-state index in [9.17, 15) is 14.0 Å². The van der Waals surface area contributed by atoms with Crippen LogP contribution in [0.1, 0.15) is 21.5 Å². The summed E-state index contributed by atoms with van der Waals surface area (Å²) in [6, 6.07) is 22.4. The number of carbonyl (C=O) groups is 2. The molecular formula is C27H22FN5O2. The topological polar surface area (TPSA) is 86.4 Å². The van der Waals surface area contributed by atoms with E-state index in [1.54, 1.807) is 47.5 Å². The molecular weight excluding hydrogens is 445 g/mol. The van der Waals surface area contributed by atoms with Gasteiger partial charge in [0.25, 0.3) is 5.91 Å². The minimum absolute atomic E-state index is 0.232. The quantitative estimate of drug-likeness (QED) is 0.332. The van der Waals surface area contributed by atoms with Gasteiger partial charge in [-0.15, -0.1) is 0 Å². The van der Waals surface area contributed by atoms with Crippen molar-refractivity contribution in [1.29, 1.82) is 0 Å². The molecule has 3 aromatic carbocycles. The van der Waals surface area contributed by atoms with Gasteiger partial charge in [0.2, 0.25) is 0 Å². The fourth-order valence-corrected chi connectivity index (χ4v) is 3.92. The lowest BCUT2D eigenvalue weighted by Crippen LogP contribution is -2.39. The highest BCUT2D eigenvalue weighted by Gasteiger charge is 2.27. The Morgan fingerprint density at radius 3 is 2.60 bits per heavy atom. The molecule has 1 aromatic heterocycles. The smallest absolute Gasteiger partial charge is 0.327 e. The summed E-state index contributed by atoms with van der Waals surface area (Å²) in [7, 11) is 0. The SMILES string of the molecule is Cc1cccc(C(=O)Nc2ccc(Nc3ccnc4c3CN(c3ccccc3)C(=O)N4)c(F)c2)c1. The minimum atomic E-state index is -0.530. The lowest BCUT2D eigenvalue weighted by Gasteiger charge is -2.30. The molecule has 1 aliphatic rings. The first kappa shape index (κ1) is 22.1. The van der Waals surface area contributed by atoms with Gasteiger partial charge in [0, 0.05) is 34.4 Å². The van der Waals surface area contributed by atoms with Crippen molar-refractivity contribution in [3.05, 3.63) is 108 Å². The van der Waals surface area contributed by atoms with E-state index in [0.29, 0.717) is 22.8 Å². The maximum absolute atomic E-state index is 15.0. The summed E-state index contributed by atoms with van der Waals surface area (Å²) in [6.07, 6.45) is 1.55. The Bertz CT molecular complexity index is 1420. The van der Waals surface area contributed by atoms with Gasteiger partial charge in [-0.1, -0.05) is 35.9 Å². The second kappa shape index (κ2) is 9.26. The molecule has 174 valence electrons. The number of nitrogens with one attached hydrogen (secondary N) is 3. The number of aromatic nitrogens is 1. The van der Waals surface area contributed by atoms with Crippen LogP contribution in [0.3, 0.4) is 0 Å². The van der Waals surface area contributed by atoms with E-state index in [4.69, 9.17) is 0 Å². The first-order chi connectivity index (χ1) is 17.0. The molecule has 0 radical (unpaired) electrons. The molecule has 0 saturated carbocycles. The maximum Gasteiger partial charge on any atom is 0.327 e. The standard InChI is InChI=1S/C27H22FN5O2/c1-17-6-5-7-18(14-17)26(34)30-19-10-11-24(22(28)15-19)31-23-12-13-29-25-21(23)16-33(27(35)32-25)20-8-3-2-4-9-20/h2-15H,16H2,1H3,(H,30,34)(H2,29,31,32,35). The predicted molar refractivity (Wildman–Crippen MR) is 135 cm³/mol. The number of benzene rings is 3. The highest BCUT2D eigenvalue weighted by molar-refractivity contribution is 6.05. The van der Waals surface area contributed by atoms with Gasteiger partial charge in [-0.2, -0.15) is 0 Å². The van der Waals surface area contributed by atoms with Crippen molar-refractivity contribution in [2.45, 2.75) is 13.5 Å². The number of pyridine rings is 1. The van der Waals surface area contributed by atoms with E-state index in [-0.39, 0.29) is 24.2 Å². The fraction of sp³-hybridized carbons (Fsp3) is 0.0741. The summed E-state index contributed by atoms with van der Waals surface area (Å²) in [5.41, 5.74) is 4.13. The largest absolute Gasteiger partial charge is 0.353 e. The molecule has 8 heteroatoms. The first-order valence-electron chi connectivity index (χ1n) is 11.0. The lowest BCUT2D eigenvalue weighted by atomic mass is 10.1. The number of amides is 3. The summed E-state index contributed by atoms with van der Waals surface area (Å²) in [5, 5.41) is 8.62. The number of para-hydroxylation sites is 1. The van der Waals surface area contributed by atoms with Crippen molar-refractivity contribution in [3.8, 4) is 0 Å². The van der Waals surface area contributed by atoms with Gasteiger partial charge in [-0.25, -0.2) is 14.2 Å². The molecule has 0 fully saturated rings. The number of hydrogen-bond donors (Lipinski definition) is 3. The number of carbonyl (C=O) groups excluding carboxylic acids is 2. The third-order valence-corrected chi connectivity index (χ3v) is 5.69. The van der Waals surface area contributed by atoms with Crippen molar-refractivity contribution in [2.24, 2.45) is 0 Å². The molecule has 7 nitrogen and oxygen atoms in total. The Balaban J connectivity index is 1.36. The molecule has 4 aromatic rings. The van der Waals surface area contributed by atoms with Gasteiger partial charge in [-0.05, 0) is 55.5 Å². The highest BCUT2D eigenvalue weighted by atomic mass is 19.1. The number of nitrogens with zero attached hydrogens (tertiary/aromatic N) is 2. The molecule has 2 heterocycles. The zero-order valence-corrected chi connectivity index (χ0v) is 18.9. The van der Waals surface area contributed by atoms with E-state index in [1.165, 1.54) is 6.07 Å². The van der Waals surface area contributed by atoms with Crippen molar-refractivity contribution >= 4 is 40.5 Å². The summed E-state index contributed by atoms with van der Waals surface area (Å²) in [6.45, 7) is 2.17. The van der Waals surface area contributed by atoms with Gasteiger partial charge < -0.3 is 10.6 Å². The fourth-order valence-electron chi connectivity index (χ4n) is 3.92. The normalized spacial score (nSPS) is 12.5. The second-order valence-corrected chi connectivity index (χ2v) is 8.18. The molecule has 0 bridgehead atoms. The number of aryl methyl sites for hydroxylation is 1. The molecule has 0 aliphatic carbocycles. The van der Waals surface area contributed by atoms with E-state index in [1.807, 2.05) is 43.3 Å². The van der Waals surface area contributed by atoms with Crippen LogP contribution in [0.25, 0.3) is 0 Å². The summed E-state index contributed by atoms with van der Waals surface area (Å²) < 4.78 is 15.0. The molecule has 0 spiro atoms. The van der Waals surface area contributed by atoms with Crippen LogP contribution in [0.5, 0.6) is 0 Å². The Morgan fingerprint density at radius 2 is 1.83 bits per heavy atom. The number of urea groups is 1. The third kappa shape index (κ3) is 4.67. The van der Waals surface area contributed by atoms with Crippen LogP contribution in [0.2, 0.25) is 0 Å². The van der Waals surface area contributed by atoms with E-state index >= 15 is 0 Å². The van der Waals surface area contributed by atoms with Crippen LogP contribution < -0.4 is 20.9 Å². The lowest BCUT2D eigenvalue weighted by molar-refractivity contribution is 0.102. The van der Waals surface area contributed by atoms with Gasteiger partial charge in [0.15, 0.2) is 0 Å². The Hall–Kier alpha value is -4.72. The van der Waals surface area contributed by atoms with Crippen LogP contribution in [0.15, 0.2) is 85.1 Å². The zero-order chi connectivity index (χ0) is 24.4. The summed E-state index contributed by atoms with van der Waals surface area (Å²) in [4.78, 5) is 30.9. The summed E-state index contributed by atoms with van der Waals surface area (Å²) in [5.74, 6) is -0.416. The van der Waals surface area contributed by atoms with Crippen molar-refractivity contribution < 1.29 is 14.0 Å². The molecule has 3 amide bonds. The molecule has 5 rings (SSSR count). The molecule has 1 aliphatic heterocycles. The van der Waals surface area contributed by atoms with Crippen LogP contribution in [0, 0.1) is 12.7 Å². The third-order valence-electron chi connectivity index (χ3n) is 5.69. The number of fused-ring (bicyclic) bond motifs is 1. The average molecular weight is 468 g/mol. The highest BCUT2D eigenvalue weighted by Crippen LogP contribution is 2.33. The molecule has 35 heavy (non-hydrogen) atoms. The van der Waals surface area contributed by atoms with Gasteiger partial charge in [0.1, 0.15) is 11.6 Å². The zero-order valence-electron chi connectivity index (χ0n) is 18.9. The van der Waals surface area contributed by atoms with E-state index in [2.05, 4.69) is 20.9 Å². The monoisotopic (exact) mass is 467 g/mol. The van der Waals surface area contributed by atoms with E-state index in [0.717, 1.165) is 16.8 Å². The van der Waals surface area contributed by atoms with Crippen molar-refractivity contribution in [1.82, 2.24) is 4.98 Å². The summed E-state index contributed by atoms with van der Waals surface area (Å²) >= 11 is 0. The first-order valence-corrected chi connectivity index (χ1v) is 11.0.